The minimum Gasteiger partial charge on any atom is -0.285 e. The van der Waals surface area contributed by atoms with E-state index in [-0.39, 0.29) is 11.8 Å². The second kappa shape index (κ2) is 4.70. The molecule has 0 aliphatic rings. The van der Waals surface area contributed by atoms with Gasteiger partial charge in [-0.15, -0.1) is 11.3 Å². The molecule has 2 rings (SSSR count). The molecule has 0 aliphatic heterocycles. The van der Waals surface area contributed by atoms with Crippen molar-refractivity contribution in [2.24, 2.45) is 0 Å². The molecule has 2 heterocycles. The highest BCUT2D eigenvalue weighted by molar-refractivity contribution is 9.10. The van der Waals surface area contributed by atoms with Gasteiger partial charge in [0, 0.05) is 11.4 Å². The number of hydrogen-bond acceptors (Lipinski definition) is 4. The SMILES string of the molecule is Cc1nc(C(=O)c2c(Br)cnn2C(C)C)cs1. The van der Waals surface area contributed by atoms with E-state index in [4.69, 9.17) is 0 Å². The van der Waals surface area contributed by atoms with Gasteiger partial charge in [-0.2, -0.15) is 5.10 Å². The zero-order valence-electron chi connectivity index (χ0n) is 9.77. The predicted octanol–water partition coefficient (Wildman–Crippen LogP) is 3.22. The number of nitrogens with zero attached hydrogens (tertiary/aromatic N) is 3. The van der Waals surface area contributed by atoms with Gasteiger partial charge in [-0.1, -0.05) is 0 Å². The van der Waals surface area contributed by atoms with Gasteiger partial charge in [0.05, 0.1) is 15.7 Å². The maximum Gasteiger partial charge on any atom is 0.231 e. The summed E-state index contributed by atoms with van der Waals surface area (Å²) >= 11 is 4.83. The van der Waals surface area contributed by atoms with E-state index in [1.807, 2.05) is 20.8 Å². The van der Waals surface area contributed by atoms with Crippen molar-refractivity contribution in [2.75, 3.05) is 0 Å². The van der Waals surface area contributed by atoms with Crippen molar-refractivity contribution in [3.8, 4) is 0 Å². The third-order valence-electron chi connectivity index (χ3n) is 2.31. The summed E-state index contributed by atoms with van der Waals surface area (Å²) in [5.41, 5.74) is 1.04. The maximum atomic E-state index is 12.3. The van der Waals surface area contributed by atoms with Crippen molar-refractivity contribution in [1.29, 1.82) is 0 Å². The molecule has 0 amide bonds. The Balaban J connectivity index is 2.47. The number of halogens is 1. The largest absolute Gasteiger partial charge is 0.285 e. The predicted molar refractivity (Wildman–Crippen MR) is 70.6 cm³/mol. The van der Waals surface area contributed by atoms with Crippen LogP contribution in [0.1, 0.15) is 41.1 Å². The summed E-state index contributed by atoms with van der Waals surface area (Å²) < 4.78 is 2.42. The number of rotatable bonds is 3. The quantitative estimate of drug-likeness (QED) is 0.817. The summed E-state index contributed by atoms with van der Waals surface area (Å²) in [5, 5.41) is 6.86. The maximum absolute atomic E-state index is 12.3. The number of aromatic nitrogens is 3. The van der Waals surface area contributed by atoms with Gasteiger partial charge >= 0.3 is 0 Å². The van der Waals surface area contributed by atoms with Crippen LogP contribution in [0, 0.1) is 6.92 Å². The van der Waals surface area contributed by atoms with Crippen LogP contribution in [0.25, 0.3) is 0 Å². The Hall–Kier alpha value is -1.01. The summed E-state index contributed by atoms with van der Waals surface area (Å²) in [4.78, 5) is 16.5. The molecule has 0 N–H and O–H groups in total. The van der Waals surface area contributed by atoms with E-state index in [2.05, 4.69) is 26.0 Å². The minimum absolute atomic E-state index is 0.0903. The van der Waals surface area contributed by atoms with Crippen LogP contribution in [-0.4, -0.2) is 20.5 Å². The first kappa shape index (κ1) is 12.4. The molecule has 6 heteroatoms. The number of hydrogen-bond donors (Lipinski definition) is 0. The first-order valence-corrected chi connectivity index (χ1v) is 6.87. The molecule has 2 aromatic heterocycles. The topological polar surface area (TPSA) is 47.8 Å². The lowest BCUT2D eigenvalue weighted by Crippen LogP contribution is -2.14. The molecular weight excluding hydrogens is 302 g/mol. The Labute approximate surface area is 112 Å². The van der Waals surface area contributed by atoms with Crippen molar-refractivity contribution >= 4 is 33.0 Å². The number of thiazole rings is 1. The Kier molecular flexibility index (Phi) is 3.44. The lowest BCUT2D eigenvalue weighted by Gasteiger charge is -2.09. The highest BCUT2D eigenvalue weighted by atomic mass is 79.9. The Morgan fingerprint density at radius 1 is 1.53 bits per heavy atom. The number of ketones is 1. The van der Waals surface area contributed by atoms with Gasteiger partial charge in [0.1, 0.15) is 11.4 Å². The Morgan fingerprint density at radius 3 is 2.76 bits per heavy atom. The van der Waals surface area contributed by atoms with E-state index < -0.39 is 0 Å². The third-order valence-corrected chi connectivity index (χ3v) is 3.66. The lowest BCUT2D eigenvalue weighted by atomic mass is 10.2. The fourth-order valence-corrected chi connectivity index (χ4v) is 2.58. The van der Waals surface area contributed by atoms with E-state index in [0.717, 1.165) is 5.01 Å². The molecule has 0 saturated heterocycles. The van der Waals surface area contributed by atoms with Gasteiger partial charge in [0.15, 0.2) is 0 Å². The molecule has 0 spiro atoms. The number of carbonyl (C=O) groups is 1. The molecule has 17 heavy (non-hydrogen) atoms. The zero-order chi connectivity index (χ0) is 12.6. The second-order valence-electron chi connectivity index (χ2n) is 3.96. The highest BCUT2D eigenvalue weighted by Crippen LogP contribution is 2.23. The minimum atomic E-state index is -0.0903. The molecule has 0 saturated carbocycles. The standard InChI is InChI=1S/C11H12BrN3OS/c1-6(2)15-10(8(12)4-13-15)11(16)9-5-17-7(3)14-9/h4-6H,1-3H3. The summed E-state index contributed by atoms with van der Waals surface area (Å²) in [6.07, 6.45) is 1.65. The van der Waals surface area contributed by atoms with Crippen molar-refractivity contribution in [1.82, 2.24) is 14.8 Å². The molecule has 2 aromatic rings. The average molecular weight is 314 g/mol. The molecule has 0 unspecified atom stereocenters. The van der Waals surface area contributed by atoms with Crippen LogP contribution in [0.15, 0.2) is 16.0 Å². The molecule has 0 radical (unpaired) electrons. The van der Waals surface area contributed by atoms with Crippen molar-refractivity contribution in [2.45, 2.75) is 26.8 Å². The first-order chi connectivity index (χ1) is 8.00. The fraction of sp³-hybridized carbons (Fsp3) is 0.364. The molecule has 0 aromatic carbocycles. The van der Waals surface area contributed by atoms with Crippen LogP contribution in [-0.2, 0) is 0 Å². The van der Waals surface area contributed by atoms with Crippen LogP contribution in [0.4, 0.5) is 0 Å². The molecule has 90 valence electrons. The highest BCUT2D eigenvalue weighted by Gasteiger charge is 2.21. The van der Waals surface area contributed by atoms with E-state index >= 15 is 0 Å². The van der Waals surface area contributed by atoms with Crippen LogP contribution in [0.2, 0.25) is 0 Å². The van der Waals surface area contributed by atoms with Crippen LogP contribution in [0.5, 0.6) is 0 Å². The summed E-state index contributed by atoms with van der Waals surface area (Å²) in [7, 11) is 0. The molecular formula is C11H12BrN3OS. The van der Waals surface area contributed by atoms with Crippen LogP contribution < -0.4 is 0 Å². The second-order valence-corrected chi connectivity index (χ2v) is 5.88. The van der Waals surface area contributed by atoms with Crippen molar-refractivity contribution < 1.29 is 4.79 Å². The fourth-order valence-electron chi connectivity index (χ4n) is 1.53. The Bertz CT molecular complexity index is 559. The van der Waals surface area contributed by atoms with E-state index in [1.54, 1.807) is 16.3 Å². The number of aryl methyl sites for hydroxylation is 1. The normalized spacial score (nSPS) is 11.1. The van der Waals surface area contributed by atoms with Crippen molar-refractivity contribution in [3.05, 3.63) is 32.4 Å². The summed E-state index contributed by atoms with van der Waals surface area (Å²) in [6.45, 7) is 5.86. The van der Waals surface area contributed by atoms with Crippen LogP contribution >= 0.6 is 27.3 Å². The van der Waals surface area contributed by atoms with Gasteiger partial charge in [0.25, 0.3) is 0 Å². The van der Waals surface area contributed by atoms with E-state index in [1.165, 1.54) is 11.3 Å². The third kappa shape index (κ3) is 2.32. The van der Waals surface area contributed by atoms with Gasteiger partial charge in [-0.3, -0.25) is 9.48 Å². The first-order valence-electron chi connectivity index (χ1n) is 5.20. The molecule has 0 aliphatic carbocycles. The zero-order valence-corrected chi connectivity index (χ0v) is 12.2. The van der Waals surface area contributed by atoms with Crippen LogP contribution in [0.3, 0.4) is 0 Å². The van der Waals surface area contributed by atoms with E-state index in [9.17, 15) is 4.79 Å². The smallest absolute Gasteiger partial charge is 0.231 e. The van der Waals surface area contributed by atoms with Gasteiger partial charge in [-0.25, -0.2) is 4.98 Å². The Morgan fingerprint density at radius 2 is 2.24 bits per heavy atom. The molecule has 0 fully saturated rings. The van der Waals surface area contributed by atoms with Gasteiger partial charge < -0.3 is 0 Å². The summed E-state index contributed by atoms with van der Waals surface area (Å²) in [6, 6.07) is 0.139. The van der Waals surface area contributed by atoms with Crippen molar-refractivity contribution in [3.63, 3.8) is 0 Å². The van der Waals surface area contributed by atoms with Gasteiger partial charge in [-0.05, 0) is 36.7 Å². The van der Waals surface area contributed by atoms with Gasteiger partial charge in [0.2, 0.25) is 5.78 Å². The average Bonchev–Trinajstić information content (AvgIpc) is 2.83. The molecule has 4 nitrogen and oxygen atoms in total. The molecule has 0 atom stereocenters. The monoisotopic (exact) mass is 313 g/mol. The molecule has 0 bridgehead atoms. The summed E-state index contributed by atoms with van der Waals surface area (Å²) in [5.74, 6) is -0.0903. The van der Waals surface area contributed by atoms with E-state index in [0.29, 0.717) is 15.9 Å². The lowest BCUT2D eigenvalue weighted by molar-refractivity contribution is 0.102. The number of carbonyl (C=O) groups excluding carboxylic acids is 1.